The molecule has 2 aromatic heterocycles. The highest BCUT2D eigenvalue weighted by Gasteiger charge is 2.07. The monoisotopic (exact) mass is 274 g/mol. The van der Waals surface area contributed by atoms with Crippen LogP contribution in [0.4, 0.5) is 0 Å². The van der Waals surface area contributed by atoms with Crippen LogP contribution in [-0.2, 0) is 0 Å². The van der Waals surface area contributed by atoms with Gasteiger partial charge in [0.2, 0.25) is 0 Å². The fourth-order valence-corrected chi connectivity index (χ4v) is 2.63. The number of pyridine rings is 1. The van der Waals surface area contributed by atoms with E-state index in [0.717, 1.165) is 38.9 Å². The predicted molar refractivity (Wildman–Crippen MR) is 85.6 cm³/mol. The third-order valence-corrected chi connectivity index (χ3v) is 3.73. The summed E-state index contributed by atoms with van der Waals surface area (Å²) in [6.45, 7) is 0. The Morgan fingerprint density at radius 3 is 2.48 bits per heavy atom. The number of aromatic nitrogens is 2. The van der Waals surface area contributed by atoms with Crippen molar-refractivity contribution in [2.24, 2.45) is 0 Å². The van der Waals surface area contributed by atoms with Gasteiger partial charge in [-0.25, -0.2) is 4.98 Å². The number of aromatic amines is 1. The molecule has 1 N–H and O–H groups in total. The molecule has 0 radical (unpaired) electrons. The van der Waals surface area contributed by atoms with Gasteiger partial charge in [0.05, 0.1) is 23.8 Å². The van der Waals surface area contributed by atoms with Crippen LogP contribution in [0.15, 0.2) is 60.7 Å². The highest BCUT2D eigenvalue weighted by molar-refractivity contribution is 6.05. The molecule has 0 fully saturated rings. The first-order chi connectivity index (χ1) is 10.3. The molecule has 102 valence electrons. The van der Waals surface area contributed by atoms with Crippen molar-refractivity contribution in [1.82, 2.24) is 9.97 Å². The number of benzene rings is 2. The van der Waals surface area contributed by atoms with Crippen LogP contribution in [-0.4, -0.2) is 17.1 Å². The third-order valence-electron chi connectivity index (χ3n) is 3.73. The van der Waals surface area contributed by atoms with Crippen molar-refractivity contribution in [2.45, 2.75) is 0 Å². The van der Waals surface area contributed by atoms with Crippen molar-refractivity contribution >= 4 is 21.9 Å². The number of ether oxygens (including phenoxy) is 1. The first kappa shape index (κ1) is 12.0. The molecule has 4 rings (SSSR count). The van der Waals surface area contributed by atoms with Crippen LogP contribution in [0.2, 0.25) is 0 Å². The first-order valence-corrected chi connectivity index (χ1v) is 6.87. The fraction of sp³-hybridized carbons (Fsp3) is 0.0556. The summed E-state index contributed by atoms with van der Waals surface area (Å²) in [6.07, 6.45) is 0. The summed E-state index contributed by atoms with van der Waals surface area (Å²) >= 11 is 0. The van der Waals surface area contributed by atoms with Crippen LogP contribution in [0.1, 0.15) is 0 Å². The van der Waals surface area contributed by atoms with Crippen molar-refractivity contribution in [2.75, 3.05) is 7.11 Å². The Balaban J connectivity index is 1.90. The predicted octanol–water partition coefficient (Wildman–Crippen LogP) is 4.39. The van der Waals surface area contributed by atoms with E-state index in [0.29, 0.717) is 0 Å². The largest absolute Gasteiger partial charge is 0.497 e. The maximum Gasteiger partial charge on any atom is 0.118 e. The topological polar surface area (TPSA) is 37.9 Å². The molecule has 21 heavy (non-hydrogen) atoms. The summed E-state index contributed by atoms with van der Waals surface area (Å²) in [7, 11) is 1.67. The van der Waals surface area contributed by atoms with Gasteiger partial charge in [0.25, 0.3) is 0 Å². The lowest BCUT2D eigenvalue weighted by molar-refractivity contribution is 0.415. The first-order valence-electron chi connectivity index (χ1n) is 6.87. The smallest absolute Gasteiger partial charge is 0.118 e. The van der Waals surface area contributed by atoms with Crippen LogP contribution in [0.3, 0.4) is 0 Å². The van der Waals surface area contributed by atoms with E-state index >= 15 is 0 Å². The molecular formula is C18H14N2O. The summed E-state index contributed by atoms with van der Waals surface area (Å²) in [5.41, 5.74) is 5.25. The molecule has 0 spiro atoms. The summed E-state index contributed by atoms with van der Waals surface area (Å²) in [6, 6.07) is 20.3. The van der Waals surface area contributed by atoms with E-state index in [4.69, 9.17) is 9.72 Å². The molecular weight excluding hydrogens is 260 g/mol. The maximum atomic E-state index is 5.20. The van der Waals surface area contributed by atoms with E-state index in [2.05, 4.69) is 23.2 Å². The number of fused-ring (bicyclic) bond motifs is 3. The minimum Gasteiger partial charge on any atom is -0.497 e. The average Bonchev–Trinajstić information content (AvgIpc) is 2.93. The van der Waals surface area contributed by atoms with E-state index < -0.39 is 0 Å². The lowest BCUT2D eigenvalue weighted by Gasteiger charge is -2.03. The van der Waals surface area contributed by atoms with Crippen molar-refractivity contribution in [1.29, 1.82) is 0 Å². The Labute approximate surface area is 122 Å². The lowest BCUT2D eigenvalue weighted by atomic mass is 10.1. The minimum absolute atomic E-state index is 0.854. The van der Waals surface area contributed by atoms with Crippen molar-refractivity contribution in [3.8, 4) is 17.0 Å². The Bertz CT molecular complexity index is 923. The van der Waals surface area contributed by atoms with Crippen LogP contribution in [0.25, 0.3) is 33.2 Å². The molecule has 3 heteroatoms. The number of rotatable bonds is 2. The zero-order chi connectivity index (χ0) is 14.2. The highest BCUT2D eigenvalue weighted by atomic mass is 16.5. The van der Waals surface area contributed by atoms with E-state index in [1.165, 1.54) is 0 Å². The van der Waals surface area contributed by atoms with E-state index in [9.17, 15) is 0 Å². The van der Waals surface area contributed by atoms with Crippen LogP contribution < -0.4 is 4.74 Å². The normalized spacial score (nSPS) is 11.1. The molecule has 0 saturated heterocycles. The van der Waals surface area contributed by atoms with Gasteiger partial charge in [0.15, 0.2) is 0 Å². The molecule has 0 aliphatic heterocycles. The molecule has 0 amide bonds. The van der Waals surface area contributed by atoms with Gasteiger partial charge in [-0.2, -0.15) is 0 Å². The molecule has 0 aliphatic rings. The van der Waals surface area contributed by atoms with E-state index in [1.807, 2.05) is 42.5 Å². The SMILES string of the molecule is COc1ccc(-c2ccc3[nH]c4ccccc4c3n2)cc1. The number of H-pyrrole nitrogens is 1. The number of hydrogen-bond acceptors (Lipinski definition) is 2. The Hall–Kier alpha value is -2.81. The number of nitrogens with zero attached hydrogens (tertiary/aromatic N) is 1. The number of hydrogen-bond donors (Lipinski definition) is 1. The standard InChI is InChI=1S/C18H14N2O/c1-21-13-8-6-12(7-9-13)15-10-11-17-18(20-15)14-4-2-3-5-16(14)19-17/h2-11,19H,1H3. The zero-order valence-corrected chi connectivity index (χ0v) is 11.6. The second-order valence-corrected chi connectivity index (χ2v) is 4.99. The summed E-state index contributed by atoms with van der Waals surface area (Å²) in [5, 5.41) is 1.16. The fourth-order valence-electron chi connectivity index (χ4n) is 2.63. The second-order valence-electron chi connectivity index (χ2n) is 4.99. The molecule has 0 atom stereocenters. The molecule has 0 saturated carbocycles. The lowest BCUT2D eigenvalue weighted by Crippen LogP contribution is -1.85. The third kappa shape index (κ3) is 1.94. The van der Waals surface area contributed by atoms with Gasteiger partial charge >= 0.3 is 0 Å². The molecule has 0 bridgehead atoms. The Morgan fingerprint density at radius 2 is 1.67 bits per heavy atom. The molecule has 2 aromatic carbocycles. The van der Waals surface area contributed by atoms with Gasteiger partial charge in [0.1, 0.15) is 5.75 Å². The molecule has 2 heterocycles. The quantitative estimate of drug-likeness (QED) is 0.588. The van der Waals surface area contributed by atoms with Crippen LogP contribution in [0, 0.1) is 0 Å². The number of nitrogens with one attached hydrogen (secondary N) is 1. The van der Waals surface area contributed by atoms with Gasteiger partial charge in [-0.15, -0.1) is 0 Å². The summed E-state index contributed by atoms with van der Waals surface area (Å²) in [5.74, 6) is 0.854. The maximum absolute atomic E-state index is 5.20. The minimum atomic E-state index is 0.854. The van der Waals surface area contributed by atoms with Crippen molar-refractivity contribution in [3.63, 3.8) is 0 Å². The van der Waals surface area contributed by atoms with Crippen LogP contribution in [0.5, 0.6) is 5.75 Å². The molecule has 0 unspecified atom stereocenters. The van der Waals surface area contributed by atoms with Crippen molar-refractivity contribution < 1.29 is 4.74 Å². The number of methoxy groups -OCH3 is 1. The molecule has 4 aromatic rings. The molecule has 0 aliphatic carbocycles. The average molecular weight is 274 g/mol. The van der Waals surface area contributed by atoms with Gasteiger partial charge in [0, 0.05) is 16.5 Å². The summed E-state index contributed by atoms with van der Waals surface area (Å²) in [4.78, 5) is 8.21. The number of para-hydroxylation sites is 1. The second kappa shape index (κ2) is 4.63. The zero-order valence-electron chi connectivity index (χ0n) is 11.6. The van der Waals surface area contributed by atoms with E-state index in [-0.39, 0.29) is 0 Å². The highest BCUT2D eigenvalue weighted by Crippen LogP contribution is 2.27. The van der Waals surface area contributed by atoms with Crippen LogP contribution >= 0.6 is 0 Å². The molecule has 3 nitrogen and oxygen atoms in total. The van der Waals surface area contributed by atoms with E-state index in [1.54, 1.807) is 7.11 Å². The Kier molecular flexibility index (Phi) is 2.64. The van der Waals surface area contributed by atoms with Gasteiger partial charge in [-0.05, 0) is 42.5 Å². The Morgan fingerprint density at radius 1 is 0.857 bits per heavy atom. The van der Waals surface area contributed by atoms with Gasteiger partial charge < -0.3 is 9.72 Å². The summed E-state index contributed by atoms with van der Waals surface area (Å²) < 4.78 is 5.20. The van der Waals surface area contributed by atoms with Crippen molar-refractivity contribution in [3.05, 3.63) is 60.7 Å². The van der Waals surface area contributed by atoms with Gasteiger partial charge in [-0.1, -0.05) is 18.2 Å². The van der Waals surface area contributed by atoms with Gasteiger partial charge in [-0.3, -0.25) is 0 Å².